The number of nitrogens with zero attached hydrogens (tertiary/aromatic N) is 8. The Morgan fingerprint density at radius 2 is 1.23 bits per heavy atom. The van der Waals surface area contributed by atoms with E-state index >= 15 is 0 Å². The van der Waals surface area contributed by atoms with E-state index in [1.807, 2.05) is 26.0 Å². The molecule has 0 aliphatic heterocycles. The molecule has 0 saturated carbocycles. The fourth-order valence-electron chi connectivity index (χ4n) is 4.05. The minimum absolute atomic E-state index is 0.0286. The van der Waals surface area contributed by atoms with Crippen LogP contribution in [0.2, 0.25) is 51.4 Å². The first-order valence-electron chi connectivity index (χ1n) is 15.9. The zero-order valence-electron chi connectivity index (χ0n) is 29.2. The summed E-state index contributed by atoms with van der Waals surface area (Å²) in [6.45, 7) is 19.5. The molecule has 0 aliphatic rings. The SMILES string of the molecule is Cc1cc(-c2cnn(CCC(=O)O)c2)nc(OCC[Si](C)(C)C)n1.Cc1cc(OCC[Si](C)(C)C)nc(-c2cnn(CCC(=O)O)c2)n1. The lowest BCUT2D eigenvalue weighted by Crippen LogP contribution is -2.22. The van der Waals surface area contributed by atoms with E-state index < -0.39 is 28.1 Å². The first-order valence-corrected chi connectivity index (χ1v) is 23.3. The first kappa shape index (κ1) is 38.0. The normalized spacial score (nSPS) is 11.5. The maximum Gasteiger partial charge on any atom is 0.317 e. The zero-order valence-corrected chi connectivity index (χ0v) is 31.2. The van der Waals surface area contributed by atoms with Gasteiger partial charge in [0, 0.05) is 51.6 Å². The van der Waals surface area contributed by atoms with Crippen LogP contribution in [0.1, 0.15) is 24.2 Å². The quantitative estimate of drug-likeness (QED) is 0.137. The van der Waals surface area contributed by atoms with Crippen LogP contribution in [0.25, 0.3) is 22.6 Å². The lowest BCUT2D eigenvalue weighted by Gasteiger charge is -2.15. The molecular formula is C32H48N8O6Si2. The second-order valence-corrected chi connectivity index (χ2v) is 25.2. The molecule has 260 valence electrons. The maximum atomic E-state index is 10.6. The number of carbonyl (C=O) groups is 2. The van der Waals surface area contributed by atoms with Gasteiger partial charge in [-0.25, -0.2) is 9.97 Å². The van der Waals surface area contributed by atoms with Gasteiger partial charge in [0.25, 0.3) is 0 Å². The van der Waals surface area contributed by atoms with Crippen LogP contribution in [0, 0.1) is 13.8 Å². The number of aryl methyl sites for hydroxylation is 4. The molecule has 14 nitrogen and oxygen atoms in total. The molecule has 0 atom stereocenters. The number of aliphatic carboxylic acids is 2. The third-order valence-electron chi connectivity index (χ3n) is 6.78. The van der Waals surface area contributed by atoms with Gasteiger partial charge in [-0.3, -0.25) is 19.0 Å². The number of hydrogen-bond donors (Lipinski definition) is 2. The van der Waals surface area contributed by atoms with E-state index in [0.717, 1.165) is 40.3 Å². The van der Waals surface area contributed by atoms with E-state index in [9.17, 15) is 9.59 Å². The first-order chi connectivity index (χ1) is 22.5. The zero-order chi connectivity index (χ0) is 35.5. The Bertz CT molecular complexity index is 1540. The molecule has 4 rings (SSSR count). The molecule has 0 aromatic carbocycles. The summed E-state index contributed by atoms with van der Waals surface area (Å²) in [5.74, 6) is -0.589. The Kier molecular flexibility index (Phi) is 13.5. The summed E-state index contributed by atoms with van der Waals surface area (Å²) in [7, 11) is -2.31. The molecule has 0 saturated heterocycles. The molecule has 0 amide bonds. The van der Waals surface area contributed by atoms with Gasteiger partial charge in [0.15, 0.2) is 5.82 Å². The lowest BCUT2D eigenvalue weighted by atomic mass is 10.2. The van der Waals surface area contributed by atoms with Crippen LogP contribution in [0.4, 0.5) is 0 Å². The number of ether oxygens (including phenoxy) is 2. The predicted molar refractivity (Wildman–Crippen MR) is 188 cm³/mol. The number of carboxylic acid groups (broad SMARTS) is 2. The van der Waals surface area contributed by atoms with Crippen molar-refractivity contribution in [2.24, 2.45) is 0 Å². The van der Waals surface area contributed by atoms with Gasteiger partial charge < -0.3 is 19.7 Å². The van der Waals surface area contributed by atoms with Gasteiger partial charge in [0.05, 0.1) is 62.8 Å². The Labute approximate surface area is 283 Å². The number of aromatic nitrogens is 8. The maximum absolute atomic E-state index is 10.6. The van der Waals surface area contributed by atoms with Crippen molar-refractivity contribution in [1.82, 2.24) is 39.5 Å². The van der Waals surface area contributed by atoms with E-state index in [2.05, 4.69) is 69.4 Å². The standard InChI is InChI=1S/2C16H24N4O3Si/c1-12-9-14(23-7-8-24(2,3)4)19-16(18-12)13-10-17-20(11-13)6-5-15(21)22;1-12-9-14(13-10-17-20(11-13)6-5-15(21)22)19-16(18-12)23-7-8-24(2,3)4/h2*9-11H,5-8H2,1-4H3,(H,21,22). The Balaban J connectivity index is 0.000000260. The molecule has 0 aliphatic carbocycles. The highest BCUT2D eigenvalue weighted by atomic mass is 28.3. The minimum atomic E-state index is -1.16. The van der Waals surface area contributed by atoms with Gasteiger partial charge in [-0.15, -0.1) is 0 Å². The molecule has 4 aromatic rings. The Morgan fingerprint density at radius 1 is 0.708 bits per heavy atom. The third-order valence-corrected chi connectivity index (χ3v) is 10.2. The fraction of sp³-hybridized carbons (Fsp3) is 0.500. The fourth-order valence-corrected chi connectivity index (χ4v) is 5.48. The summed E-state index contributed by atoms with van der Waals surface area (Å²) in [5, 5.41) is 25.8. The number of hydrogen-bond acceptors (Lipinski definition) is 10. The van der Waals surface area contributed by atoms with E-state index in [-0.39, 0.29) is 12.8 Å². The molecular weight excluding hydrogens is 649 g/mol. The summed E-state index contributed by atoms with van der Waals surface area (Å²) in [6.07, 6.45) is 6.92. The van der Waals surface area contributed by atoms with Crippen molar-refractivity contribution in [1.29, 1.82) is 0 Å². The van der Waals surface area contributed by atoms with Crippen LogP contribution < -0.4 is 9.47 Å². The number of carboxylic acids is 2. The Morgan fingerprint density at radius 3 is 1.79 bits per heavy atom. The van der Waals surface area contributed by atoms with Crippen molar-refractivity contribution < 1.29 is 29.3 Å². The third kappa shape index (κ3) is 14.1. The van der Waals surface area contributed by atoms with Crippen molar-refractivity contribution in [3.8, 4) is 34.5 Å². The highest BCUT2D eigenvalue weighted by Gasteiger charge is 2.15. The minimum Gasteiger partial charge on any atom is -0.481 e. The average molecular weight is 697 g/mol. The lowest BCUT2D eigenvalue weighted by molar-refractivity contribution is -0.138. The molecule has 0 spiro atoms. The van der Waals surface area contributed by atoms with Gasteiger partial charge in [0.2, 0.25) is 5.88 Å². The van der Waals surface area contributed by atoms with Gasteiger partial charge in [-0.05, 0) is 32.0 Å². The van der Waals surface area contributed by atoms with Crippen LogP contribution in [0.5, 0.6) is 11.9 Å². The van der Waals surface area contributed by atoms with E-state index in [4.69, 9.17) is 19.7 Å². The molecule has 0 radical (unpaired) electrons. The van der Waals surface area contributed by atoms with Crippen molar-refractivity contribution in [3.05, 3.63) is 48.3 Å². The molecule has 2 N–H and O–H groups in total. The van der Waals surface area contributed by atoms with Crippen molar-refractivity contribution >= 4 is 28.1 Å². The summed E-state index contributed by atoms with van der Waals surface area (Å²) in [6, 6.07) is 6.18. The summed E-state index contributed by atoms with van der Waals surface area (Å²) >= 11 is 0. The molecule has 4 aromatic heterocycles. The molecule has 0 bridgehead atoms. The summed E-state index contributed by atoms with van der Waals surface area (Å²) in [4.78, 5) is 38.9. The number of rotatable bonds is 16. The summed E-state index contributed by atoms with van der Waals surface area (Å²) in [5.41, 5.74) is 3.94. The van der Waals surface area contributed by atoms with E-state index in [0.29, 0.717) is 44.0 Å². The highest BCUT2D eigenvalue weighted by molar-refractivity contribution is 6.76. The largest absolute Gasteiger partial charge is 0.481 e. The molecule has 48 heavy (non-hydrogen) atoms. The van der Waals surface area contributed by atoms with Crippen LogP contribution in [-0.2, 0) is 22.7 Å². The molecule has 0 unspecified atom stereocenters. The van der Waals surface area contributed by atoms with Gasteiger partial charge >= 0.3 is 17.9 Å². The van der Waals surface area contributed by atoms with Crippen LogP contribution >= 0.6 is 0 Å². The van der Waals surface area contributed by atoms with Crippen molar-refractivity contribution in [3.63, 3.8) is 0 Å². The summed E-state index contributed by atoms with van der Waals surface area (Å²) < 4.78 is 14.7. The second kappa shape index (κ2) is 17.1. The van der Waals surface area contributed by atoms with Crippen LogP contribution in [0.3, 0.4) is 0 Å². The monoisotopic (exact) mass is 696 g/mol. The van der Waals surface area contributed by atoms with Crippen LogP contribution in [-0.4, -0.2) is 91.0 Å². The van der Waals surface area contributed by atoms with E-state index in [1.54, 1.807) is 34.2 Å². The molecule has 0 fully saturated rings. The van der Waals surface area contributed by atoms with E-state index in [1.165, 1.54) is 0 Å². The molecule has 4 heterocycles. The topological polar surface area (TPSA) is 180 Å². The second-order valence-electron chi connectivity index (χ2n) is 13.9. The highest BCUT2D eigenvalue weighted by Crippen LogP contribution is 2.21. The van der Waals surface area contributed by atoms with Gasteiger partial charge in [0.1, 0.15) is 0 Å². The van der Waals surface area contributed by atoms with Crippen molar-refractivity contribution in [2.45, 2.75) is 91.1 Å². The predicted octanol–water partition coefficient (Wildman–Crippen LogP) is 5.68. The Hall–Kier alpha value is -4.45. The average Bonchev–Trinajstić information content (AvgIpc) is 3.64. The van der Waals surface area contributed by atoms with Crippen molar-refractivity contribution in [2.75, 3.05) is 13.2 Å². The smallest absolute Gasteiger partial charge is 0.317 e. The van der Waals surface area contributed by atoms with Gasteiger partial charge in [-0.2, -0.15) is 20.2 Å². The molecule has 16 heteroatoms. The van der Waals surface area contributed by atoms with Gasteiger partial charge in [-0.1, -0.05) is 39.3 Å². The van der Waals surface area contributed by atoms with Crippen LogP contribution in [0.15, 0.2) is 36.9 Å².